The van der Waals surface area contributed by atoms with Gasteiger partial charge in [-0.15, -0.1) is 0 Å². The van der Waals surface area contributed by atoms with Crippen LogP contribution >= 0.6 is 0 Å². The summed E-state index contributed by atoms with van der Waals surface area (Å²) in [6.45, 7) is 0.233. The fourth-order valence-electron chi connectivity index (χ4n) is 1.44. The van der Waals surface area contributed by atoms with E-state index in [0.29, 0.717) is 6.02 Å². The van der Waals surface area contributed by atoms with Crippen LogP contribution in [0.2, 0.25) is 0 Å². The molecule has 1 atom stereocenters. The predicted octanol–water partition coefficient (Wildman–Crippen LogP) is 1.61. The molecule has 2 rings (SSSR count). The molecule has 0 spiro atoms. The monoisotopic (exact) mass is 212 g/mol. The molecule has 0 amide bonds. The fourth-order valence-corrected chi connectivity index (χ4v) is 1.44. The van der Waals surface area contributed by atoms with E-state index in [4.69, 9.17) is 4.74 Å². The SMILES string of the molecule is CNC1=NC(c2cc(F)ccc2F)CO1. The summed E-state index contributed by atoms with van der Waals surface area (Å²) in [5.74, 6) is -0.939. The smallest absolute Gasteiger partial charge is 0.285 e. The van der Waals surface area contributed by atoms with E-state index >= 15 is 0 Å². The van der Waals surface area contributed by atoms with Crippen molar-refractivity contribution in [3.05, 3.63) is 35.4 Å². The Morgan fingerprint density at radius 2 is 2.27 bits per heavy atom. The second kappa shape index (κ2) is 3.84. The zero-order valence-electron chi connectivity index (χ0n) is 8.13. The summed E-state index contributed by atoms with van der Waals surface area (Å²) in [5, 5.41) is 2.71. The Labute approximate surface area is 85.8 Å². The van der Waals surface area contributed by atoms with Gasteiger partial charge in [0.2, 0.25) is 0 Å². The molecule has 0 bridgehead atoms. The fraction of sp³-hybridized carbons (Fsp3) is 0.300. The van der Waals surface area contributed by atoms with E-state index in [1.165, 1.54) is 0 Å². The molecule has 80 valence electrons. The van der Waals surface area contributed by atoms with Crippen LogP contribution in [0.15, 0.2) is 23.2 Å². The van der Waals surface area contributed by atoms with Crippen LogP contribution in [0.3, 0.4) is 0 Å². The van der Waals surface area contributed by atoms with Gasteiger partial charge in [0, 0.05) is 12.6 Å². The number of ether oxygens (including phenoxy) is 1. The van der Waals surface area contributed by atoms with Gasteiger partial charge < -0.3 is 10.1 Å². The predicted molar refractivity (Wildman–Crippen MR) is 51.5 cm³/mol. The second-order valence-electron chi connectivity index (χ2n) is 3.18. The number of benzene rings is 1. The lowest BCUT2D eigenvalue weighted by atomic mass is 10.1. The standard InChI is InChI=1S/C10H10F2N2O/c1-13-10-14-9(5-15-10)7-4-6(11)2-3-8(7)12/h2-4,9H,5H2,1H3,(H,13,14). The molecule has 0 aliphatic carbocycles. The normalized spacial score (nSPS) is 19.7. The van der Waals surface area contributed by atoms with Crippen molar-refractivity contribution in [2.45, 2.75) is 6.04 Å². The van der Waals surface area contributed by atoms with E-state index in [9.17, 15) is 8.78 Å². The molecule has 5 heteroatoms. The summed E-state index contributed by atoms with van der Waals surface area (Å²) in [6, 6.07) is 3.20. The van der Waals surface area contributed by atoms with E-state index in [2.05, 4.69) is 10.3 Å². The molecule has 1 aliphatic heterocycles. The van der Waals surface area contributed by atoms with Gasteiger partial charge in [-0.05, 0) is 18.2 Å². The molecule has 1 N–H and O–H groups in total. The number of nitrogens with one attached hydrogen (secondary N) is 1. The Hall–Kier alpha value is -1.65. The topological polar surface area (TPSA) is 33.6 Å². The van der Waals surface area contributed by atoms with Gasteiger partial charge in [0.1, 0.15) is 24.3 Å². The molecule has 0 fully saturated rings. The molecule has 0 saturated carbocycles. The van der Waals surface area contributed by atoms with Crippen molar-refractivity contribution in [2.75, 3.05) is 13.7 Å². The van der Waals surface area contributed by atoms with Crippen molar-refractivity contribution in [1.29, 1.82) is 0 Å². The third-order valence-electron chi connectivity index (χ3n) is 2.18. The van der Waals surface area contributed by atoms with Crippen molar-refractivity contribution in [3.8, 4) is 0 Å². The molecular weight excluding hydrogens is 202 g/mol. The van der Waals surface area contributed by atoms with Crippen molar-refractivity contribution < 1.29 is 13.5 Å². The van der Waals surface area contributed by atoms with Crippen molar-refractivity contribution >= 4 is 6.02 Å². The zero-order valence-corrected chi connectivity index (χ0v) is 8.13. The van der Waals surface area contributed by atoms with Crippen molar-refractivity contribution in [1.82, 2.24) is 5.32 Å². The second-order valence-corrected chi connectivity index (χ2v) is 3.18. The van der Waals surface area contributed by atoms with Gasteiger partial charge in [-0.3, -0.25) is 0 Å². The lowest BCUT2D eigenvalue weighted by Gasteiger charge is -2.06. The number of rotatable bonds is 1. The van der Waals surface area contributed by atoms with Crippen LogP contribution in [0, 0.1) is 11.6 Å². The quantitative estimate of drug-likeness (QED) is 0.767. The molecule has 1 aliphatic rings. The molecule has 1 unspecified atom stereocenters. The number of nitrogens with zero attached hydrogens (tertiary/aromatic N) is 1. The lowest BCUT2D eigenvalue weighted by molar-refractivity contribution is 0.306. The van der Waals surface area contributed by atoms with Crippen LogP contribution in [-0.4, -0.2) is 19.7 Å². The van der Waals surface area contributed by atoms with E-state index in [0.717, 1.165) is 18.2 Å². The first-order chi connectivity index (χ1) is 7.20. The van der Waals surface area contributed by atoms with E-state index in [-0.39, 0.29) is 12.2 Å². The molecule has 0 radical (unpaired) electrons. The summed E-state index contributed by atoms with van der Waals surface area (Å²) in [5.41, 5.74) is 0.222. The molecular formula is C10H10F2N2O. The molecule has 1 heterocycles. The van der Waals surface area contributed by atoms with Gasteiger partial charge in [-0.25, -0.2) is 13.8 Å². The first-order valence-corrected chi connectivity index (χ1v) is 4.54. The third kappa shape index (κ3) is 1.91. The minimum Gasteiger partial charge on any atom is -0.463 e. The number of hydrogen-bond donors (Lipinski definition) is 1. The minimum absolute atomic E-state index is 0.222. The van der Waals surface area contributed by atoms with Gasteiger partial charge in [0.15, 0.2) is 0 Å². The maximum Gasteiger partial charge on any atom is 0.285 e. The summed E-state index contributed by atoms with van der Waals surface area (Å²) in [7, 11) is 1.66. The van der Waals surface area contributed by atoms with Crippen molar-refractivity contribution in [3.63, 3.8) is 0 Å². The average molecular weight is 212 g/mol. The Morgan fingerprint density at radius 3 is 2.93 bits per heavy atom. The third-order valence-corrected chi connectivity index (χ3v) is 2.18. The van der Waals surface area contributed by atoms with Gasteiger partial charge in [-0.2, -0.15) is 0 Å². The largest absolute Gasteiger partial charge is 0.463 e. The summed E-state index contributed by atoms with van der Waals surface area (Å²) >= 11 is 0. The van der Waals surface area contributed by atoms with Crippen molar-refractivity contribution in [2.24, 2.45) is 4.99 Å². The maximum absolute atomic E-state index is 13.3. The first-order valence-electron chi connectivity index (χ1n) is 4.54. The average Bonchev–Trinajstić information content (AvgIpc) is 2.70. The Balaban J connectivity index is 2.30. The molecule has 1 aromatic rings. The highest BCUT2D eigenvalue weighted by atomic mass is 19.1. The number of aliphatic imine (C=N–C) groups is 1. The summed E-state index contributed by atoms with van der Waals surface area (Å²) < 4.78 is 31.4. The van der Waals surface area contributed by atoms with Crippen LogP contribution < -0.4 is 5.32 Å². The van der Waals surface area contributed by atoms with E-state index in [1.807, 2.05) is 0 Å². The molecule has 15 heavy (non-hydrogen) atoms. The Kier molecular flexibility index (Phi) is 2.53. The van der Waals surface area contributed by atoms with Gasteiger partial charge >= 0.3 is 0 Å². The Morgan fingerprint density at radius 1 is 1.47 bits per heavy atom. The van der Waals surface area contributed by atoms with Crippen LogP contribution in [0.1, 0.15) is 11.6 Å². The Bertz CT molecular complexity index is 406. The number of halogens is 2. The summed E-state index contributed by atoms with van der Waals surface area (Å²) in [4.78, 5) is 4.06. The van der Waals surface area contributed by atoms with Crippen LogP contribution in [-0.2, 0) is 4.74 Å². The maximum atomic E-state index is 13.3. The molecule has 0 aromatic heterocycles. The van der Waals surface area contributed by atoms with Crippen LogP contribution in [0.4, 0.5) is 8.78 Å². The zero-order chi connectivity index (χ0) is 10.8. The lowest BCUT2D eigenvalue weighted by Crippen LogP contribution is -2.17. The highest BCUT2D eigenvalue weighted by Crippen LogP contribution is 2.25. The van der Waals surface area contributed by atoms with Gasteiger partial charge in [-0.1, -0.05) is 0 Å². The minimum atomic E-state index is -0.473. The number of hydrogen-bond acceptors (Lipinski definition) is 3. The number of amidine groups is 1. The molecule has 0 saturated heterocycles. The molecule has 1 aromatic carbocycles. The molecule has 3 nitrogen and oxygen atoms in total. The highest BCUT2D eigenvalue weighted by Gasteiger charge is 2.23. The van der Waals surface area contributed by atoms with Crippen LogP contribution in [0.25, 0.3) is 0 Å². The van der Waals surface area contributed by atoms with E-state index < -0.39 is 17.7 Å². The van der Waals surface area contributed by atoms with Gasteiger partial charge in [0.25, 0.3) is 6.02 Å². The van der Waals surface area contributed by atoms with Crippen LogP contribution in [0.5, 0.6) is 0 Å². The first kappa shape index (κ1) is 9.89. The highest BCUT2D eigenvalue weighted by molar-refractivity contribution is 5.75. The van der Waals surface area contributed by atoms with Gasteiger partial charge in [0.05, 0.1) is 0 Å². The summed E-state index contributed by atoms with van der Waals surface area (Å²) in [6.07, 6.45) is 0. The van der Waals surface area contributed by atoms with E-state index in [1.54, 1.807) is 7.05 Å².